The zero-order valence-corrected chi connectivity index (χ0v) is 19.0. The van der Waals surface area contributed by atoms with Crippen LogP contribution in [0.15, 0.2) is 48.5 Å². The van der Waals surface area contributed by atoms with E-state index in [2.05, 4.69) is 58.0 Å². The maximum atomic E-state index is 13.0. The van der Waals surface area contributed by atoms with Crippen LogP contribution in [0.2, 0.25) is 0 Å². The third-order valence-electron chi connectivity index (χ3n) is 7.89. The lowest BCUT2D eigenvalue weighted by Crippen LogP contribution is -2.48. The predicted molar refractivity (Wildman–Crippen MR) is 123 cm³/mol. The van der Waals surface area contributed by atoms with Crippen LogP contribution >= 0.6 is 0 Å². The lowest BCUT2D eigenvalue weighted by atomic mass is 9.50. The molecule has 1 fully saturated rings. The summed E-state index contributed by atoms with van der Waals surface area (Å²) >= 11 is 0. The van der Waals surface area contributed by atoms with Crippen molar-refractivity contribution in [3.05, 3.63) is 65.2 Å². The molecule has 30 heavy (non-hydrogen) atoms. The van der Waals surface area contributed by atoms with Crippen LogP contribution in [-0.2, 0) is 17.8 Å². The molecule has 2 aliphatic carbocycles. The normalized spacial score (nSPS) is 28.2. The number of benzene rings is 2. The Hall–Kier alpha value is -2.09. The van der Waals surface area contributed by atoms with E-state index in [1.54, 1.807) is 0 Å². The largest absolute Gasteiger partial charge is 0.489 e. The molecule has 4 rings (SSSR count). The molecule has 1 saturated carbocycles. The van der Waals surface area contributed by atoms with E-state index in [9.17, 15) is 4.79 Å². The first-order valence-corrected chi connectivity index (χ1v) is 11.7. The van der Waals surface area contributed by atoms with Crippen LogP contribution in [0, 0.1) is 23.2 Å². The van der Waals surface area contributed by atoms with Gasteiger partial charge >= 0.3 is 0 Å². The fourth-order valence-electron chi connectivity index (χ4n) is 5.96. The second-order valence-corrected chi connectivity index (χ2v) is 10.2. The summed E-state index contributed by atoms with van der Waals surface area (Å²) < 4.78 is 6.08. The van der Waals surface area contributed by atoms with E-state index in [4.69, 9.17) is 4.74 Å². The average molecular weight is 405 g/mol. The number of hydrogen-bond donors (Lipinski definition) is 0. The number of aryl methyl sites for hydroxylation is 1. The molecule has 0 amide bonds. The highest BCUT2D eigenvalue weighted by molar-refractivity contribution is 5.83. The molecule has 0 unspecified atom stereocenters. The fourth-order valence-corrected chi connectivity index (χ4v) is 5.96. The van der Waals surface area contributed by atoms with Crippen molar-refractivity contribution in [2.24, 2.45) is 23.2 Å². The Labute approximate surface area is 182 Å². The Bertz CT molecular complexity index is 885. The summed E-state index contributed by atoms with van der Waals surface area (Å²) in [4.78, 5) is 13.0. The monoisotopic (exact) mass is 404 g/mol. The zero-order valence-electron chi connectivity index (χ0n) is 19.0. The average Bonchev–Trinajstić information content (AvgIpc) is 2.74. The number of carbonyl (C=O) groups excluding carboxylic acids is 1. The first-order chi connectivity index (χ1) is 14.4. The topological polar surface area (TPSA) is 26.3 Å². The third kappa shape index (κ3) is 4.06. The number of carbonyl (C=O) groups is 1. The predicted octanol–water partition coefficient (Wildman–Crippen LogP) is 6.96. The summed E-state index contributed by atoms with van der Waals surface area (Å²) in [7, 11) is 0. The SMILES string of the molecule is CC(C)CC[C@H]1[C@@H](C)C(=O)C[C@@H]2c3ccc(OCc4ccccc4)cc3CC[C@]21C. The smallest absolute Gasteiger partial charge is 0.136 e. The molecular formula is C28H36O2. The number of ether oxygens (including phenoxy) is 1. The van der Waals surface area contributed by atoms with Gasteiger partial charge in [-0.3, -0.25) is 4.79 Å². The quantitative estimate of drug-likeness (QED) is 0.520. The van der Waals surface area contributed by atoms with Gasteiger partial charge in [0.1, 0.15) is 18.1 Å². The molecule has 0 aromatic heterocycles. The van der Waals surface area contributed by atoms with Gasteiger partial charge in [0.25, 0.3) is 0 Å². The van der Waals surface area contributed by atoms with Crippen molar-refractivity contribution in [2.75, 3.05) is 0 Å². The van der Waals surface area contributed by atoms with Crippen molar-refractivity contribution in [1.29, 1.82) is 0 Å². The zero-order chi connectivity index (χ0) is 21.3. The van der Waals surface area contributed by atoms with E-state index in [0.29, 0.717) is 36.6 Å². The Morgan fingerprint density at radius 1 is 1.13 bits per heavy atom. The molecule has 0 saturated heterocycles. The lowest BCUT2D eigenvalue weighted by Gasteiger charge is -2.53. The lowest BCUT2D eigenvalue weighted by molar-refractivity contribution is -0.133. The van der Waals surface area contributed by atoms with Crippen molar-refractivity contribution in [3.8, 4) is 5.75 Å². The highest BCUT2D eigenvalue weighted by Gasteiger charge is 2.52. The third-order valence-corrected chi connectivity index (χ3v) is 7.89. The molecule has 0 bridgehead atoms. The maximum absolute atomic E-state index is 13.0. The van der Waals surface area contributed by atoms with Crippen molar-refractivity contribution >= 4 is 5.78 Å². The first kappa shape index (κ1) is 21.2. The minimum atomic E-state index is 0.194. The van der Waals surface area contributed by atoms with Gasteiger partial charge in [0, 0.05) is 12.3 Å². The second-order valence-electron chi connectivity index (χ2n) is 10.2. The summed E-state index contributed by atoms with van der Waals surface area (Å²) in [6, 6.07) is 16.9. The van der Waals surface area contributed by atoms with E-state index >= 15 is 0 Å². The van der Waals surface area contributed by atoms with Gasteiger partial charge < -0.3 is 4.74 Å². The highest BCUT2D eigenvalue weighted by Crippen LogP contribution is 2.58. The summed E-state index contributed by atoms with van der Waals surface area (Å²) in [6.07, 6.45) is 5.35. The number of rotatable bonds is 6. The van der Waals surface area contributed by atoms with E-state index in [0.717, 1.165) is 12.2 Å². The number of fused-ring (bicyclic) bond motifs is 3. The molecule has 0 radical (unpaired) electrons. The summed E-state index contributed by atoms with van der Waals surface area (Å²) in [6.45, 7) is 9.83. The summed E-state index contributed by atoms with van der Waals surface area (Å²) in [5.41, 5.74) is 4.18. The van der Waals surface area contributed by atoms with E-state index in [-0.39, 0.29) is 11.3 Å². The molecule has 2 aromatic rings. The Kier molecular flexibility index (Phi) is 6.04. The molecule has 2 nitrogen and oxygen atoms in total. The van der Waals surface area contributed by atoms with Crippen LogP contribution in [0.25, 0.3) is 0 Å². The van der Waals surface area contributed by atoms with Gasteiger partial charge in [-0.2, -0.15) is 0 Å². The van der Waals surface area contributed by atoms with Crippen LogP contribution in [-0.4, -0.2) is 5.78 Å². The number of hydrogen-bond acceptors (Lipinski definition) is 2. The van der Waals surface area contributed by atoms with Gasteiger partial charge in [0.2, 0.25) is 0 Å². The maximum Gasteiger partial charge on any atom is 0.136 e. The van der Waals surface area contributed by atoms with Crippen LogP contribution in [0.5, 0.6) is 5.75 Å². The van der Waals surface area contributed by atoms with E-state index in [1.807, 2.05) is 18.2 Å². The van der Waals surface area contributed by atoms with Crippen molar-refractivity contribution in [3.63, 3.8) is 0 Å². The molecule has 2 heteroatoms. The van der Waals surface area contributed by atoms with Crippen molar-refractivity contribution in [2.45, 2.75) is 72.3 Å². The van der Waals surface area contributed by atoms with Gasteiger partial charge in [-0.15, -0.1) is 0 Å². The van der Waals surface area contributed by atoms with E-state index < -0.39 is 0 Å². The van der Waals surface area contributed by atoms with Gasteiger partial charge in [0.15, 0.2) is 0 Å². The molecule has 0 heterocycles. The van der Waals surface area contributed by atoms with E-state index in [1.165, 1.54) is 36.0 Å². The standard InChI is InChI=1S/C28H36O2/c1-19(2)10-13-25-20(3)27(29)17-26-24-12-11-23(16-22(24)14-15-28(25,26)4)30-18-21-8-6-5-7-9-21/h5-9,11-12,16,19-20,25-26H,10,13-15,17-18H2,1-4H3/t20-,25+,26-,28+/m1/s1. The molecule has 2 aliphatic rings. The molecule has 0 aliphatic heterocycles. The molecule has 4 atom stereocenters. The van der Waals surface area contributed by atoms with Gasteiger partial charge in [-0.1, -0.05) is 70.5 Å². The molecule has 2 aromatic carbocycles. The van der Waals surface area contributed by atoms with Crippen LogP contribution < -0.4 is 4.74 Å². The molecule has 0 N–H and O–H groups in total. The van der Waals surface area contributed by atoms with Crippen molar-refractivity contribution < 1.29 is 9.53 Å². The van der Waals surface area contributed by atoms with Gasteiger partial charge in [-0.05, 0) is 71.3 Å². The molecular weight excluding hydrogens is 368 g/mol. The van der Waals surface area contributed by atoms with Crippen LogP contribution in [0.3, 0.4) is 0 Å². The molecule has 0 spiro atoms. The minimum absolute atomic E-state index is 0.194. The number of Topliss-reactive ketones (excluding diaryl/α,β-unsaturated/α-hetero) is 1. The summed E-state index contributed by atoms with van der Waals surface area (Å²) in [5.74, 6) is 3.13. The highest BCUT2D eigenvalue weighted by atomic mass is 16.5. The fraction of sp³-hybridized carbons (Fsp3) is 0.536. The Balaban J connectivity index is 1.56. The molecule has 160 valence electrons. The van der Waals surface area contributed by atoms with Crippen molar-refractivity contribution in [1.82, 2.24) is 0 Å². The van der Waals surface area contributed by atoms with Crippen LogP contribution in [0.1, 0.15) is 76.0 Å². The Morgan fingerprint density at radius 2 is 1.90 bits per heavy atom. The Morgan fingerprint density at radius 3 is 2.63 bits per heavy atom. The number of ketones is 1. The van der Waals surface area contributed by atoms with Gasteiger partial charge in [-0.25, -0.2) is 0 Å². The minimum Gasteiger partial charge on any atom is -0.489 e. The summed E-state index contributed by atoms with van der Waals surface area (Å²) in [5, 5.41) is 0. The van der Waals surface area contributed by atoms with Gasteiger partial charge in [0.05, 0.1) is 0 Å². The van der Waals surface area contributed by atoms with Crippen LogP contribution in [0.4, 0.5) is 0 Å². The first-order valence-electron chi connectivity index (χ1n) is 11.7. The second kappa shape index (κ2) is 8.57.